The molecule has 0 saturated carbocycles. The van der Waals surface area contributed by atoms with E-state index in [1.54, 1.807) is 12.1 Å². The van der Waals surface area contributed by atoms with Crippen LogP contribution in [0, 0.1) is 17.8 Å². The number of allylic oxidation sites excluding steroid dienone is 1. The number of benzene rings is 3. The fourth-order valence-corrected chi connectivity index (χ4v) is 9.72. The normalized spacial score (nSPS) is 29.1. The van der Waals surface area contributed by atoms with E-state index < -0.39 is 33.6 Å². The zero-order chi connectivity index (χ0) is 32.3. The fraction of sp³-hybridized carbons (Fsp3) is 0.417. The van der Waals surface area contributed by atoms with Crippen LogP contribution in [-0.2, 0) is 23.0 Å². The quantitative estimate of drug-likeness (QED) is 0.109. The van der Waals surface area contributed by atoms with Crippen molar-refractivity contribution in [2.24, 2.45) is 34.2 Å². The summed E-state index contributed by atoms with van der Waals surface area (Å²) in [5, 5.41) is 20.3. The topological polar surface area (TPSA) is 168 Å². The number of ether oxygens (including phenoxy) is 1. The van der Waals surface area contributed by atoms with E-state index in [9.17, 15) is 23.2 Å². The Hall–Kier alpha value is -3.86. The van der Waals surface area contributed by atoms with Gasteiger partial charge in [0.1, 0.15) is 17.6 Å². The van der Waals surface area contributed by atoms with Gasteiger partial charge in [-0.15, -0.1) is 0 Å². The van der Waals surface area contributed by atoms with Crippen LogP contribution in [0.2, 0.25) is 0 Å². The fourth-order valence-electron chi connectivity index (χ4n) is 8.62. The Labute approximate surface area is 269 Å². The molecule has 3 aliphatic carbocycles. The molecule has 0 fully saturated rings. The van der Waals surface area contributed by atoms with Gasteiger partial charge in [-0.3, -0.25) is 4.55 Å². The Bertz CT molecular complexity index is 1820. The molecule has 4 aliphatic heterocycles. The molecule has 46 heavy (non-hydrogen) atoms. The summed E-state index contributed by atoms with van der Waals surface area (Å²) in [7, 11) is -4.52. The van der Waals surface area contributed by atoms with E-state index in [4.69, 9.17) is 16.2 Å². The van der Waals surface area contributed by atoms with Gasteiger partial charge in [0.25, 0.3) is 10.1 Å². The number of nitrogens with zero attached hydrogens (tertiary/aromatic N) is 1. The van der Waals surface area contributed by atoms with Gasteiger partial charge in [-0.05, 0) is 126 Å². The van der Waals surface area contributed by atoms with Crippen LogP contribution in [0.3, 0.4) is 0 Å². The monoisotopic (exact) mass is 643 g/mol. The summed E-state index contributed by atoms with van der Waals surface area (Å²) >= 11 is 0. The van der Waals surface area contributed by atoms with Crippen LogP contribution < -0.4 is 16.2 Å². The molecule has 4 heterocycles. The summed E-state index contributed by atoms with van der Waals surface area (Å²) in [6.07, 6.45) is 4.29. The molecule has 0 saturated heterocycles. The third-order valence-electron chi connectivity index (χ3n) is 10.9. The van der Waals surface area contributed by atoms with Crippen molar-refractivity contribution in [2.45, 2.75) is 74.9 Å². The van der Waals surface area contributed by atoms with Crippen molar-refractivity contribution in [1.82, 2.24) is 0 Å². The maximum atomic E-state index is 13.5. The first-order valence-corrected chi connectivity index (χ1v) is 17.6. The van der Waals surface area contributed by atoms with Crippen molar-refractivity contribution < 1.29 is 27.9 Å². The largest absolute Gasteiger partial charge is 0.508 e. The molecule has 9 nitrogen and oxygen atoms in total. The van der Waals surface area contributed by atoms with Crippen LogP contribution in [0.4, 0.5) is 0 Å². The van der Waals surface area contributed by atoms with Gasteiger partial charge in [-0.25, -0.2) is 4.99 Å². The van der Waals surface area contributed by atoms with E-state index in [1.807, 2.05) is 36.4 Å². The van der Waals surface area contributed by atoms with Crippen LogP contribution in [0.25, 0.3) is 0 Å². The van der Waals surface area contributed by atoms with E-state index in [-0.39, 0.29) is 41.8 Å². The molecular formula is C36H41N3O6S. The summed E-state index contributed by atoms with van der Waals surface area (Å²) in [5.74, 6) is 0.0310. The zero-order valence-electron chi connectivity index (χ0n) is 25.8. The molecule has 7 N–H and O–H groups in total. The number of aryl methyl sites for hydroxylation is 2. The maximum Gasteiger partial charge on any atom is 0.268 e. The Balaban J connectivity index is 1.43. The van der Waals surface area contributed by atoms with Crippen LogP contribution >= 0.6 is 0 Å². The molecule has 0 spiro atoms. The van der Waals surface area contributed by atoms with Gasteiger partial charge in [-0.2, -0.15) is 8.42 Å². The lowest BCUT2D eigenvalue weighted by Crippen LogP contribution is -2.41. The van der Waals surface area contributed by atoms with Gasteiger partial charge >= 0.3 is 0 Å². The summed E-state index contributed by atoms with van der Waals surface area (Å²) in [5.41, 5.74) is 18.1. The highest BCUT2D eigenvalue weighted by Gasteiger charge is 2.47. The highest BCUT2D eigenvalue weighted by molar-refractivity contribution is 7.86. The first-order valence-electron chi connectivity index (χ1n) is 16.1. The lowest BCUT2D eigenvalue weighted by Gasteiger charge is -2.45. The minimum Gasteiger partial charge on any atom is -0.508 e. The van der Waals surface area contributed by atoms with Crippen LogP contribution in [0.5, 0.6) is 11.5 Å². The van der Waals surface area contributed by atoms with Crippen molar-refractivity contribution >= 4 is 16.1 Å². The molecule has 8 bridgehead atoms. The summed E-state index contributed by atoms with van der Waals surface area (Å²) < 4.78 is 44.5. The second-order valence-electron chi connectivity index (χ2n) is 13.6. The second kappa shape index (κ2) is 11.7. The number of hydrogen-bond acceptors (Lipinski definition) is 6. The summed E-state index contributed by atoms with van der Waals surface area (Å²) in [6, 6.07) is 18.4. The summed E-state index contributed by atoms with van der Waals surface area (Å²) in [4.78, 5) is 4.43. The number of aliphatic hydroxyl groups is 1. The number of hydrogen-bond donors (Lipinski definition) is 5. The average molecular weight is 644 g/mol. The van der Waals surface area contributed by atoms with E-state index in [0.717, 1.165) is 59.1 Å². The SMILES string of the molecule is C[C@@H]1CCc2cc3ccc2[C@@H]1C[C@@H](S(=O)(=O)O)[C@@H]1C=C([C@@H](O)c2ccc(O)cc2)C[C@H]2CCc4cc(ccc4[C@H]21)[C@@H](N=C(N)N)O3. The lowest BCUT2D eigenvalue weighted by molar-refractivity contribution is 0.182. The van der Waals surface area contributed by atoms with Crippen LogP contribution in [0.15, 0.2) is 77.3 Å². The number of aliphatic hydroxyl groups excluding tert-OH is 1. The number of nitrogens with two attached hydrogens (primary N) is 2. The Morgan fingerprint density at radius 1 is 0.978 bits per heavy atom. The molecular weight excluding hydrogens is 602 g/mol. The number of phenols is 1. The van der Waals surface area contributed by atoms with Crippen molar-refractivity contribution in [3.8, 4) is 11.5 Å². The van der Waals surface area contributed by atoms with E-state index in [1.165, 1.54) is 12.1 Å². The Morgan fingerprint density at radius 2 is 1.70 bits per heavy atom. The van der Waals surface area contributed by atoms with Gasteiger partial charge in [0.15, 0.2) is 5.96 Å². The predicted molar refractivity (Wildman–Crippen MR) is 176 cm³/mol. The third kappa shape index (κ3) is 5.67. The third-order valence-corrected chi connectivity index (χ3v) is 12.1. The molecule has 3 aromatic rings. The average Bonchev–Trinajstić information content (AvgIpc) is 3.02. The van der Waals surface area contributed by atoms with Gasteiger partial charge in [0, 0.05) is 11.5 Å². The number of phenolic OH excluding ortho intramolecular Hbond substituents is 1. The first-order chi connectivity index (χ1) is 22.0. The van der Waals surface area contributed by atoms with E-state index in [0.29, 0.717) is 17.7 Å². The molecule has 242 valence electrons. The Morgan fingerprint density at radius 3 is 2.43 bits per heavy atom. The number of rotatable bonds is 4. The Kier molecular flexibility index (Phi) is 7.85. The standard InChI is InChI=1S/C36H41N3O6S/c1-19-2-3-22-16-27-11-13-28(22)30(19)18-32(46(42,43)44)31-17-25(34(41)20-6-9-26(40)10-7-20)15-23-5-4-21-14-24(8-12-29(21)33(23)31)35(45-27)39-36(37)38/h6-14,16-17,19,23,30-35,40-41H,2-5,15,18H2,1H3,(H4,37,38,39)(H,42,43,44)/t19-,23-,30-,31+,32-,33+,34+,35+/m1/s1. The van der Waals surface area contributed by atoms with Crippen molar-refractivity contribution in [3.05, 3.63) is 106 Å². The highest BCUT2D eigenvalue weighted by atomic mass is 32.2. The number of aliphatic imine (C=N–C) groups is 1. The maximum absolute atomic E-state index is 13.5. The number of guanidine groups is 1. The molecule has 0 amide bonds. The molecule has 7 aliphatic rings. The van der Waals surface area contributed by atoms with E-state index >= 15 is 0 Å². The molecule has 10 rings (SSSR count). The van der Waals surface area contributed by atoms with Crippen molar-refractivity contribution in [1.29, 1.82) is 0 Å². The molecule has 0 radical (unpaired) electrons. The minimum atomic E-state index is -4.52. The zero-order valence-corrected chi connectivity index (χ0v) is 26.6. The summed E-state index contributed by atoms with van der Waals surface area (Å²) in [6.45, 7) is 2.15. The number of aromatic hydroxyl groups is 1. The van der Waals surface area contributed by atoms with Gasteiger partial charge in [-0.1, -0.05) is 43.3 Å². The lowest BCUT2D eigenvalue weighted by atomic mass is 9.61. The smallest absolute Gasteiger partial charge is 0.268 e. The van der Waals surface area contributed by atoms with Gasteiger partial charge in [0.2, 0.25) is 6.23 Å². The van der Waals surface area contributed by atoms with E-state index in [2.05, 4.69) is 18.0 Å². The molecule has 0 aromatic heterocycles. The molecule has 3 aromatic carbocycles. The van der Waals surface area contributed by atoms with Crippen molar-refractivity contribution in [2.75, 3.05) is 0 Å². The molecule has 8 atom stereocenters. The molecule has 10 heteroatoms. The van der Waals surface area contributed by atoms with Crippen LogP contribution in [-0.4, -0.2) is 34.4 Å². The van der Waals surface area contributed by atoms with Crippen molar-refractivity contribution in [3.63, 3.8) is 0 Å². The molecule has 0 unspecified atom stereocenters. The predicted octanol–water partition coefficient (Wildman–Crippen LogP) is 5.40. The highest BCUT2D eigenvalue weighted by Crippen LogP contribution is 2.54. The first kappa shape index (κ1) is 30.8. The van der Waals surface area contributed by atoms with Crippen LogP contribution in [0.1, 0.15) is 90.2 Å². The second-order valence-corrected chi connectivity index (χ2v) is 15.2. The minimum absolute atomic E-state index is 0.0537. The van der Waals surface area contributed by atoms with Gasteiger partial charge < -0.3 is 26.4 Å². The van der Waals surface area contributed by atoms with Gasteiger partial charge in [0.05, 0.1) is 5.25 Å².